The molecular weight excluding hydrogens is 551 g/mol. The van der Waals surface area contributed by atoms with Gasteiger partial charge in [0.05, 0.1) is 30.3 Å². The molecule has 9 heteroatoms. The van der Waals surface area contributed by atoms with Crippen molar-refractivity contribution in [2.24, 2.45) is 12.5 Å². The van der Waals surface area contributed by atoms with E-state index in [9.17, 15) is 19.1 Å². The largest absolute Gasteiger partial charge is 0.490 e. The second-order valence-electron chi connectivity index (χ2n) is 12.9. The van der Waals surface area contributed by atoms with Crippen LogP contribution in [0.3, 0.4) is 0 Å². The zero-order chi connectivity index (χ0) is 31.1. The van der Waals surface area contributed by atoms with E-state index in [1.54, 1.807) is 53.1 Å². The summed E-state index contributed by atoms with van der Waals surface area (Å²) >= 11 is 0. The van der Waals surface area contributed by atoms with E-state index in [1.165, 1.54) is 22.8 Å². The van der Waals surface area contributed by atoms with Crippen LogP contribution in [0.5, 0.6) is 17.2 Å². The number of carbonyl (C=O) groups excluding carboxylic acids is 1. The highest BCUT2D eigenvalue weighted by Crippen LogP contribution is 2.42. The lowest BCUT2D eigenvalue weighted by atomic mass is 9.86. The molecule has 43 heavy (non-hydrogen) atoms. The van der Waals surface area contributed by atoms with Gasteiger partial charge in [0.1, 0.15) is 23.1 Å². The number of ether oxygens (including phenoxy) is 3. The molecule has 3 aromatic rings. The summed E-state index contributed by atoms with van der Waals surface area (Å²) in [6.07, 6.45) is 4.52. The summed E-state index contributed by atoms with van der Waals surface area (Å²) in [5.74, 6) is 1.12. The van der Waals surface area contributed by atoms with Gasteiger partial charge in [-0.05, 0) is 101 Å². The lowest BCUT2D eigenvalue weighted by Crippen LogP contribution is -2.54. The first kappa shape index (κ1) is 30.8. The second kappa shape index (κ2) is 11.8. The van der Waals surface area contributed by atoms with Crippen LogP contribution in [0.2, 0.25) is 0 Å². The highest BCUT2D eigenvalue weighted by Gasteiger charge is 2.42. The van der Waals surface area contributed by atoms with Gasteiger partial charge in [-0.3, -0.25) is 9.59 Å². The van der Waals surface area contributed by atoms with Crippen LogP contribution in [-0.4, -0.2) is 40.9 Å². The van der Waals surface area contributed by atoms with Gasteiger partial charge in [0.2, 0.25) is 5.91 Å². The standard InChI is InChI=1S/C34H41FN2O6/c1-20-13-23(35)14-21(2)31(20)43-28-12-7-22(33(3,4)40)15-26(28)27-17-37(6)30(38)16-29(27)42-25-10-8-24(9-11-25)36-32(39)34(5)18-41-19-34/h7,12-17,24-25,40H,8-11,18-19H2,1-6H3,(H,36,39). The molecule has 0 spiro atoms. The van der Waals surface area contributed by atoms with Crippen molar-refractivity contribution in [1.82, 2.24) is 9.88 Å². The SMILES string of the molecule is Cc1cc(F)cc(C)c1Oc1ccc(C(C)(C)O)cc1-c1cn(C)c(=O)cc1OC1CCC(NC(=O)C2(C)COC2)CC1. The molecule has 230 valence electrons. The molecule has 2 aliphatic rings. The Labute approximate surface area is 251 Å². The number of pyridine rings is 1. The summed E-state index contributed by atoms with van der Waals surface area (Å²) in [4.78, 5) is 25.5. The van der Waals surface area contributed by atoms with Crippen LogP contribution in [0.4, 0.5) is 4.39 Å². The first-order chi connectivity index (χ1) is 20.2. The molecule has 1 saturated heterocycles. The first-order valence-electron chi connectivity index (χ1n) is 14.8. The average molecular weight is 593 g/mol. The predicted octanol–water partition coefficient (Wildman–Crippen LogP) is 5.67. The van der Waals surface area contributed by atoms with Crippen molar-refractivity contribution in [3.8, 4) is 28.4 Å². The van der Waals surface area contributed by atoms with Crippen molar-refractivity contribution in [2.75, 3.05) is 13.2 Å². The summed E-state index contributed by atoms with van der Waals surface area (Å²) in [6.45, 7) is 9.80. The van der Waals surface area contributed by atoms with Crippen molar-refractivity contribution in [3.63, 3.8) is 0 Å². The summed E-state index contributed by atoms with van der Waals surface area (Å²) in [7, 11) is 1.67. The molecule has 0 radical (unpaired) electrons. The number of nitrogens with zero attached hydrogens (tertiary/aromatic N) is 1. The molecule has 0 atom stereocenters. The molecule has 8 nitrogen and oxygen atoms in total. The fraction of sp³-hybridized carbons (Fsp3) is 0.471. The van der Waals surface area contributed by atoms with Crippen LogP contribution < -0.4 is 20.3 Å². The second-order valence-corrected chi connectivity index (χ2v) is 12.9. The molecule has 2 N–H and O–H groups in total. The molecule has 0 unspecified atom stereocenters. The quantitative estimate of drug-likeness (QED) is 0.350. The lowest BCUT2D eigenvalue weighted by Gasteiger charge is -2.38. The van der Waals surface area contributed by atoms with Gasteiger partial charge in [-0.2, -0.15) is 0 Å². The summed E-state index contributed by atoms with van der Waals surface area (Å²) < 4.78 is 33.7. The van der Waals surface area contributed by atoms with Crippen molar-refractivity contribution >= 4 is 5.91 Å². The summed E-state index contributed by atoms with van der Waals surface area (Å²) in [6, 6.07) is 9.81. The number of nitrogens with one attached hydrogen (secondary N) is 1. The molecule has 5 rings (SSSR count). The van der Waals surface area contributed by atoms with Gasteiger partial charge in [0, 0.05) is 36.5 Å². The highest BCUT2D eigenvalue weighted by atomic mass is 19.1. The van der Waals surface area contributed by atoms with E-state index in [2.05, 4.69) is 5.32 Å². The lowest BCUT2D eigenvalue weighted by molar-refractivity contribution is -0.158. The average Bonchev–Trinajstić information content (AvgIpc) is 2.91. The van der Waals surface area contributed by atoms with Gasteiger partial charge in [-0.15, -0.1) is 0 Å². The van der Waals surface area contributed by atoms with E-state index < -0.39 is 11.0 Å². The van der Waals surface area contributed by atoms with Crippen LogP contribution >= 0.6 is 0 Å². The van der Waals surface area contributed by atoms with E-state index in [4.69, 9.17) is 14.2 Å². The monoisotopic (exact) mass is 592 g/mol. The Morgan fingerprint density at radius 2 is 1.70 bits per heavy atom. The Balaban J connectivity index is 1.45. The van der Waals surface area contributed by atoms with Gasteiger partial charge in [-0.25, -0.2) is 4.39 Å². The third kappa shape index (κ3) is 6.63. The Kier molecular flexibility index (Phi) is 8.42. The van der Waals surface area contributed by atoms with Crippen molar-refractivity contribution in [2.45, 2.75) is 78.0 Å². The molecule has 1 saturated carbocycles. The van der Waals surface area contributed by atoms with E-state index in [0.717, 1.165) is 12.8 Å². The number of rotatable bonds is 8. The van der Waals surface area contributed by atoms with Crippen LogP contribution in [0, 0.1) is 25.1 Å². The van der Waals surface area contributed by atoms with E-state index >= 15 is 0 Å². The molecular formula is C34H41FN2O6. The number of hydrogen-bond acceptors (Lipinski definition) is 6. The molecule has 2 heterocycles. The van der Waals surface area contributed by atoms with Crippen LogP contribution in [-0.2, 0) is 22.2 Å². The van der Waals surface area contributed by atoms with Gasteiger partial charge in [0.25, 0.3) is 5.56 Å². The number of hydrogen-bond donors (Lipinski definition) is 2. The van der Waals surface area contributed by atoms with Crippen LogP contribution in [0.1, 0.15) is 63.1 Å². The summed E-state index contributed by atoms with van der Waals surface area (Å²) in [5, 5.41) is 14.0. The van der Waals surface area contributed by atoms with Gasteiger partial charge in [0.15, 0.2) is 0 Å². The number of aliphatic hydroxyl groups is 1. The van der Waals surface area contributed by atoms with Crippen molar-refractivity contribution in [3.05, 3.63) is 75.5 Å². The minimum atomic E-state index is -1.14. The van der Waals surface area contributed by atoms with E-state index in [0.29, 0.717) is 71.1 Å². The smallest absolute Gasteiger partial charge is 0.254 e. The molecule has 1 aliphatic heterocycles. The maximum Gasteiger partial charge on any atom is 0.254 e. The number of halogens is 1. The van der Waals surface area contributed by atoms with Crippen LogP contribution in [0.15, 0.2) is 47.4 Å². The molecule has 2 aromatic carbocycles. The van der Waals surface area contributed by atoms with E-state index in [-0.39, 0.29) is 29.4 Å². The first-order valence-corrected chi connectivity index (χ1v) is 14.8. The number of aryl methyl sites for hydroxylation is 3. The summed E-state index contributed by atoms with van der Waals surface area (Å²) in [5.41, 5.74) is 1.41. The minimum Gasteiger partial charge on any atom is -0.490 e. The number of amides is 1. The van der Waals surface area contributed by atoms with Crippen molar-refractivity contribution in [1.29, 1.82) is 0 Å². The van der Waals surface area contributed by atoms with Crippen LogP contribution in [0.25, 0.3) is 11.1 Å². The van der Waals surface area contributed by atoms with Gasteiger partial charge in [-0.1, -0.05) is 6.07 Å². The zero-order valence-electron chi connectivity index (χ0n) is 25.8. The maximum atomic E-state index is 14.0. The third-order valence-electron chi connectivity index (χ3n) is 8.50. The Bertz CT molecular complexity index is 1560. The number of carbonyl (C=O) groups is 1. The Morgan fingerprint density at radius 1 is 1.05 bits per heavy atom. The number of aromatic nitrogens is 1. The van der Waals surface area contributed by atoms with Gasteiger partial charge >= 0.3 is 0 Å². The van der Waals surface area contributed by atoms with Gasteiger partial charge < -0.3 is 29.2 Å². The zero-order valence-corrected chi connectivity index (χ0v) is 25.8. The fourth-order valence-corrected chi connectivity index (χ4v) is 5.69. The predicted molar refractivity (Wildman–Crippen MR) is 162 cm³/mol. The molecule has 1 aliphatic carbocycles. The molecule has 2 fully saturated rings. The third-order valence-corrected chi connectivity index (χ3v) is 8.50. The molecule has 1 amide bonds. The number of benzene rings is 2. The fourth-order valence-electron chi connectivity index (χ4n) is 5.69. The minimum absolute atomic E-state index is 0.0304. The van der Waals surface area contributed by atoms with Crippen molar-refractivity contribution < 1.29 is 28.5 Å². The Morgan fingerprint density at radius 3 is 2.28 bits per heavy atom. The van der Waals surface area contributed by atoms with E-state index in [1.807, 2.05) is 13.0 Å². The molecule has 0 bridgehead atoms. The highest BCUT2D eigenvalue weighted by molar-refractivity contribution is 5.83. The normalized spacial score (nSPS) is 19.8. The maximum absolute atomic E-state index is 14.0. The Hall–Kier alpha value is -3.69. The topological polar surface area (TPSA) is 99.0 Å². The molecule has 1 aromatic heterocycles.